The van der Waals surface area contributed by atoms with Crippen molar-refractivity contribution in [2.24, 2.45) is 0 Å². The molecule has 0 spiro atoms. The van der Waals surface area contributed by atoms with Crippen molar-refractivity contribution in [2.45, 2.75) is 6.54 Å². The standard InChI is InChI=1S/C20H13N4S/c1-2-7-14(8-3-1)24-19-16-13(6-4-10-21-16)12-23(19)18-17-15(25-20(18)24)9-5-11-22-17/h1-11H,12H2/q+1. The van der Waals surface area contributed by atoms with E-state index in [1.165, 1.54) is 20.6 Å². The van der Waals surface area contributed by atoms with Crippen molar-refractivity contribution >= 4 is 31.9 Å². The van der Waals surface area contributed by atoms with Gasteiger partial charge in [-0.2, -0.15) is 4.57 Å². The molecule has 1 aliphatic rings. The van der Waals surface area contributed by atoms with Gasteiger partial charge in [-0.15, -0.1) is 0 Å². The molecule has 0 atom stereocenters. The van der Waals surface area contributed by atoms with E-state index in [0.717, 1.165) is 29.3 Å². The molecule has 6 rings (SSSR count). The molecule has 4 aromatic heterocycles. The van der Waals surface area contributed by atoms with Crippen LogP contribution in [0.2, 0.25) is 0 Å². The van der Waals surface area contributed by atoms with E-state index in [9.17, 15) is 0 Å². The Bertz CT molecular complexity index is 1270. The third kappa shape index (κ3) is 1.68. The Morgan fingerprint density at radius 2 is 1.76 bits per heavy atom. The van der Waals surface area contributed by atoms with Crippen LogP contribution >= 0.6 is 11.3 Å². The van der Waals surface area contributed by atoms with Gasteiger partial charge in [0.25, 0.3) is 0 Å². The highest BCUT2D eigenvalue weighted by atomic mass is 32.1. The molecular formula is C20H13N4S+. The van der Waals surface area contributed by atoms with Crippen LogP contribution in [-0.2, 0) is 6.54 Å². The van der Waals surface area contributed by atoms with Crippen LogP contribution in [0.4, 0.5) is 0 Å². The zero-order chi connectivity index (χ0) is 16.4. The van der Waals surface area contributed by atoms with Crippen LogP contribution in [0.5, 0.6) is 0 Å². The number of nitrogens with zero attached hydrogens (tertiary/aromatic N) is 4. The van der Waals surface area contributed by atoms with Crippen LogP contribution in [0.3, 0.4) is 0 Å². The SMILES string of the molecule is c1ccc(-n2c3[n+](c4c5ncccc5sc42)Cc2cccnc2-3)cc1. The molecule has 4 nitrogen and oxygen atoms in total. The van der Waals surface area contributed by atoms with Gasteiger partial charge in [-0.25, -0.2) is 9.55 Å². The van der Waals surface area contributed by atoms with Crippen LogP contribution in [-0.4, -0.2) is 14.5 Å². The minimum absolute atomic E-state index is 0.844. The summed E-state index contributed by atoms with van der Waals surface area (Å²) in [6.07, 6.45) is 3.75. The number of pyridine rings is 2. The normalized spacial score (nSPS) is 12.6. The van der Waals surface area contributed by atoms with Gasteiger partial charge in [0, 0.05) is 18.0 Å². The molecule has 5 heterocycles. The summed E-state index contributed by atoms with van der Waals surface area (Å²) in [6, 6.07) is 18.9. The van der Waals surface area contributed by atoms with E-state index in [0.29, 0.717) is 0 Å². The second kappa shape index (κ2) is 4.74. The highest BCUT2D eigenvalue weighted by Gasteiger charge is 2.38. The quantitative estimate of drug-likeness (QED) is 0.424. The lowest BCUT2D eigenvalue weighted by Crippen LogP contribution is -2.31. The number of rotatable bonds is 1. The topological polar surface area (TPSA) is 34.6 Å². The summed E-state index contributed by atoms with van der Waals surface area (Å²) in [7, 11) is 0. The molecule has 118 valence electrons. The molecule has 0 N–H and O–H groups in total. The van der Waals surface area contributed by atoms with Crippen LogP contribution in [0.25, 0.3) is 37.8 Å². The maximum absolute atomic E-state index is 4.68. The van der Waals surface area contributed by atoms with Crippen LogP contribution < -0.4 is 4.57 Å². The average Bonchev–Trinajstić information content (AvgIpc) is 3.29. The minimum atomic E-state index is 0.844. The molecule has 0 fully saturated rings. The maximum Gasteiger partial charge on any atom is 0.315 e. The molecule has 25 heavy (non-hydrogen) atoms. The Labute approximate surface area is 147 Å². The van der Waals surface area contributed by atoms with Crippen molar-refractivity contribution < 1.29 is 4.57 Å². The van der Waals surface area contributed by atoms with Crippen molar-refractivity contribution in [2.75, 3.05) is 0 Å². The number of hydrogen-bond acceptors (Lipinski definition) is 3. The van der Waals surface area contributed by atoms with E-state index in [1.807, 2.05) is 24.5 Å². The molecule has 0 aliphatic carbocycles. The molecule has 5 aromatic rings. The Morgan fingerprint density at radius 3 is 2.68 bits per heavy atom. The zero-order valence-corrected chi connectivity index (χ0v) is 14.1. The Hall–Kier alpha value is -3.05. The smallest absolute Gasteiger partial charge is 0.251 e. The van der Waals surface area contributed by atoms with Gasteiger partial charge in [0.05, 0.1) is 4.70 Å². The number of fused-ring (bicyclic) bond motifs is 7. The predicted molar refractivity (Wildman–Crippen MR) is 99.0 cm³/mol. The van der Waals surface area contributed by atoms with Crippen LogP contribution in [0.1, 0.15) is 5.56 Å². The molecule has 0 radical (unpaired) electrons. The fourth-order valence-corrected chi connectivity index (χ4v) is 4.95. The van der Waals surface area contributed by atoms with Gasteiger partial charge in [0.15, 0.2) is 5.69 Å². The molecule has 0 saturated carbocycles. The Kier molecular flexibility index (Phi) is 2.51. The second-order valence-electron chi connectivity index (χ2n) is 6.20. The van der Waals surface area contributed by atoms with E-state index in [4.69, 9.17) is 0 Å². The highest BCUT2D eigenvalue weighted by molar-refractivity contribution is 7.25. The number of benzene rings is 1. The van der Waals surface area contributed by atoms with Gasteiger partial charge >= 0.3 is 5.82 Å². The molecule has 5 heteroatoms. The highest BCUT2D eigenvalue weighted by Crippen LogP contribution is 2.39. The third-order valence-corrected chi connectivity index (χ3v) is 5.91. The average molecular weight is 341 g/mol. The fourth-order valence-electron chi connectivity index (χ4n) is 3.76. The Morgan fingerprint density at radius 1 is 0.920 bits per heavy atom. The van der Waals surface area contributed by atoms with Crippen molar-refractivity contribution in [3.63, 3.8) is 0 Å². The van der Waals surface area contributed by atoms with Crippen molar-refractivity contribution in [1.29, 1.82) is 0 Å². The van der Waals surface area contributed by atoms with Crippen LogP contribution in [0.15, 0.2) is 67.0 Å². The van der Waals surface area contributed by atoms with Gasteiger partial charge in [-0.1, -0.05) is 35.6 Å². The molecule has 0 saturated heterocycles. The summed E-state index contributed by atoms with van der Waals surface area (Å²) >= 11 is 1.79. The lowest BCUT2D eigenvalue weighted by molar-refractivity contribution is -0.645. The zero-order valence-electron chi connectivity index (χ0n) is 13.3. The molecule has 0 bridgehead atoms. The van der Waals surface area contributed by atoms with E-state index in [1.54, 1.807) is 11.3 Å². The third-order valence-electron chi connectivity index (χ3n) is 4.79. The summed E-state index contributed by atoms with van der Waals surface area (Å²) in [5.74, 6) is 1.15. The van der Waals surface area contributed by atoms with E-state index in [-0.39, 0.29) is 0 Å². The number of aromatic nitrogens is 4. The number of thiophene rings is 1. The number of hydrogen-bond donors (Lipinski definition) is 0. The first kappa shape index (κ1) is 13.3. The maximum atomic E-state index is 4.68. The van der Waals surface area contributed by atoms with Gasteiger partial charge < -0.3 is 0 Å². The van der Waals surface area contributed by atoms with Gasteiger partial charge in [0.1, 0.15) is 17.7 Å². The second-order valence-corrected chi connectivity index (χ2v) is 7.23. The molecule has 1 aliphatic heterocycles. The summed E-state index contributed by atoms with van der Waals surface area (Å²) < 4.78 is 5.92. The fraction of sp³-hybridized carbons (Fsp3) is 0.0500. The largest absolute Gasteiger partial charge is 0.315 e. The molecular weight excluding hydrogens is 328 g/mol. The molecule has 0 amide bonds. The lowest BCUT2D eigenvalue weighted by Gasteiger charge is -2.00. The van der Waals surface area contributed by atoms with Crippen molar-refractivity contribution in [1.82, 2.24) is 14.5 Å². The number of imidazole rings is 1. The Balaban J connectivity index is 1.83. The summed E-state index contributed by atoms with van der Waals surface area (Å²) in [5.41, 5.74) is 5.77. The van der Waals surface area contributed by atoms with Gasteiger partial charge in [0.2, 0.25) is 10.3 Å². The van der Waals surface area contributed by atoms with Crippen molar-refractivity contribution in [3.8, 4) is 17.2 Å². The van der Waals surface area contributed by atoms with E-state index < -0.39 is 0 Å². The first-order valence-corrected chi connectivity index (χ1v) is 9.05. The van der Waals surface area contributed by atoms with Crippen LogP contribution in [0, 0.1) is 0 Å². The first-order chi connectivity index (χ1) is 12.4. The summed E-state index contributed by atoms with van der Waals surface area (Å²) in [6.45, 7) is 0.844. The number of para-hydroxylation sites is 1. The monoisotopic (exact) mass is 341 g/mol. The molecule has 0 unspecified atom stereocenters. The summed E-state index contributed by atoms with van der Waals surface area (Å²) in [4.78, 5) is 10.6. The lowest BCUT2D eigenvalue weighted by atomic mass is 10.2. The first-order valence-electron chi connectivity index (χ1n) is 8.23. The van der Waals surface area contributed by atoms with E-state index >= 15 is 0 Å². The predicted octanol–water partition coefficient (Wildman–Crippen LogP) is 3.95. The van der Waals surface area contributed by atoms with Gasteiger partial charge in [-0.05, 0) is 30.3 Å². The van der Waals surface area contributed by atoms with Crippen molar-refractivity contribution in [3.05, 3.63) is 72.6 Å². The summed E-state index contributed by atoms with van der Waals surface area (Å²) in [5, 5.41) is 0. The van der Waals surface area contributed by atoms with Gasteiger partial charge in [-0.3, -0.25) is 4.98 Å². The minimum Gasteiger partial charge on any atom is -0.251 e. The van der Waals surface area contributed by atoms with E-state index in [2.05, 4.69) is 61.6 Å². The molecule has 1 aromatic carbocycles.